The minimum absolute atomic E-state index is 0.157. The number of nitrogens with zero attached hydrogens (tertiary/aromatic N) is 2. The highest BCUT2D eigenvalue weighted by atomic mass is 16.2. The van der Waals surface area contributed by atoms with Crippen LogP contribution in [0.25, 0.3) is 0 Å². The molecule has 1 aliphatic heterocycles. The Morgan fingerprint density at radius 2 is 1.86 bits per heavy atom. The van der Waals surface area contributed by atoms with E-state index in [0.29, 0.717) is 6.54 Å². The third kappa shape index (κ3) is 3.76. The zero-order valence-electron chi connectivity index (χ0n) is 13.2. The number of nitrogens with two attached hydrogens (primary N) is 1. The molecule has 1 atom stereocenters. The first-order valence-corrected chi connectivity index (χ1v) is 7.94. The Labute approximate surface area is 127 Å². The van der Waals surface area contributed by atoms with Crippen molar-refractivity contribution < 1.29 is 4.79 Å². The number of carbonyl (C=O) groups is 1. The molecule has 0 aliphatic carbocycles. The zero-order valence-corrected chi connectivity index (χ0v) is 13.2. The summed E-state index contributed by atoms with van der Waals surface area (Å²) in [6, 6.07) is 7.88. The van der Waals surface area contributed by atoms with E-state index < -0.39 is 0 Å². The zero-order chi connectivity index (χ0) is 15.2. The van der Waals surface area contributed by atoms with Crippen molar-refractivity contribution in [3.8, 4) is 0 Å². The number of rotatable bonds is 4. The molecule has 0 saturated carbocycles. The molecule has 0 bridgehead atoms. The van der Waals surface area contributed by atoms with Gasteiger partial charge >= 0.3 is 0 Å². The fourth-order valence-corrected chi connectivity index (χ4v) is 2.96. The largest absolute Gasteiger partial charge is 0.363 e. The lowest BCUT2D eigenvalue weighted by Crippen LogP contribution is -2.46. The van der Waals surface area contributed by atoms with E-state index in [4.69, 9.17) is 5.73 Å². The number of likely N-dealkylation sites (tertiary alicyclic amines) is 1. The molecule has 2 N–H and O–H groups in total. The van der Waals surface area contributed by atoms with E-state index in [-0.39, 0.29) is 11.9 Å². The van der Waals surface area contributed by atoms with Crippen molar-refractivity contribution in [3.05, 3.63) is 29.8 Å². The summed E-state index contributed by atoms with van der Waals surface area (Å²) in [5.74, 6) is 0.228. The van der Waals surface area contributed by atoms with Crippen molar-refractivity contribution in [1.29, 1.82) is 0 Å². The molecule has 0 radical (unpaired) electrons. The van der Waals surface area contributed by atoms with Gasteiger partial charge in [-0.1, -0.05) is 31.0 Å². The van der Waals surface area contributed by atoms with Gasteiger partial charge in [-0.3, -0.25) is 4.79 Å². The first-order valence-electron chi connectivity index (χ1n) is 7.94. The van der Waals surface area contributed by atoms with Crippen molar-refractivity contribution in [1.82, 2.24) is 4.90 Å². The lowest BCUT2D eigenvalue weighted by molar-refractivity contribution is -0.132. The predicted molar refractivity (Wildman–Crippen MR) is 87.2 cm³/mol. The van der Waals surface area contributed by atoms with Gasteiger partial charge < -0.3 is 15.5 Å². The van der Waals surface area contributed by atoms with Crippen LogP contribution in [0.4, 0.5) is 5.69 Å². The van der Waals surface area contributed by atoms with Gasteiger partial charge in [0, 0.05) is 32.4 Å². The quantitative estimate of drug-likeness (QED) is 0.926. The Kier molecular flexibility index (Phi) is 5.62. The molecule has 1 aromatic carbocycles. The van der Waals surface area contributed by atoms with Gasteiger partial charge in [0.05, 0.1) is 0 Å². The number of hydrogen-bond donors (Lipinski definition) is 1. The summed E-state index contributed by atoms with van der Waals surface area (Å²) >= 11 is 0. The van der Waals surface area contributed by atoms with Gasteiger partial charge in [0.2, 0.25) is 5.91 Å². The third-order valence-corrected chi connectivity index (χ3v) is 4.45. The van der Waals surface area contributed by atoms with Crippen LogP contribution in [0.15, 0.2) is 24.3 Å². The van der Waals surface area contributed by atoms with Crippen LogP contribution < -0.4 is 10.6 Å². The summed E-state index contributed by atoms with van der Waals surface area (Å²) in [4.78, 5) is 16.8. The Morgan fingerprint density at radius 1 is 1.24 bits per heavy atom. The summed E-state index contributed by atoms with van der Waals surface area (Å²) < 4.78 is 0. The minimum Gasteiger partial charge on any atom is -0.363 e. The van der Waals surface area contributed by atoms with Gasteiger partial charge in [0.1, 0.15) is 6.04 Å². The van der Waals surface area contributed by atoms with Crippen molar-refractivity contribution in [2.24, 2.45) is 5.73 Å². The van der Waals surface area contributed by atoms with Crippen molar-refractivity contribution >= 4 is 11.6 Å². The van der Waals surface area contributed by atoms with Gasteiger partial charge in [0.25, 0.3) is 0 Å². The molecule has 2 rings (SSSR count). The normalized spacial score (nSPS) is 17.2. The highest BCUT2D eigenvalue weighted by molar-refractivity contribution is 5.85. The van der Waals surface area contributed by atoms with Gasteiger partial charge in [-0.05, 0) is 31.4 Å². The first-order chi connectivity index (χ1) is 10.1. The number of hydrogen-bond acceptors (Lipinski definition) is 3. The SMILES string of the molecule is CC(C(=O)N1CCCCCC1)N(C)c1ccccc1CN. The summed E-state index contributed by atoms with van der Waals surface area (Å²) in [6.07, 6.45) is 4.73. The maximum Gasteiger partial charge on any atom is 0.244 e. The third-order valence-electron chi connectivity index (χ3n) is 4.45. The van der Waals surface area contributed by atoms with Crippen molar-refractivity contribution in [2.45, 2.75) is 45.2 Å². The smallest absolute Gasteiger partial charge is 0.244 e. The van der Waals surface area contributed by atoms with Gasteiger partial charge in [-0.2, -0.15) is 0 Å². The van der Waals surface area contributed by atoms with E-state index in [9.17, 15) is 4.79 Å². The molecule has 21 heavy (non-hydrogen) atoms. The first kappa shape index (κ1) is 15.8. The second-order valence-corrected chi connectivity index (χ2v) is 5.86. The number of carbonyl (C=O) groups excluding carboxylic acids is 1. The van der Waals surface area contributed by atoms with Gasteiger partial charge in [-0.25, -0.2) is 0 Å². The Hall–Kier alpha value is -1.55. The molecule has 1 saturated heterocycles. The number of likely N-dealkylation sites (N-methyl/N-ethyl adjacent to an activating group) is 1. The Bertz CT molecular complexity index is 467. The minimum atomic E-state index is -0.157. The summed E-state index contributed by atoms with van der Waals surface area (Å²) in [6.45, 7) is 4.27. The number of anilines is 1. The lowest BCUT2D eigenvalue weighted by Gasteiger charge is -2.32. The van der Waals surface area contributed by atoms with E-state index in [1.165, 1.54) is 12.8 Å². The van der Waals surface area contributed by atoms with Crippen LogP contribution in [0, 0.1) is 0 Å². The highest BCUT2D eigenvalue weighted by Crippen LogP contribution is 2.22. The topological polar surface area (TPSA) is 49.6 Å². The number of amides is 1. The van der Waals surface area contributed by atoms with Crippen LogP contribution in [0.1, 0.15) is 38.2 Å². The van der Waals surface area contributed by atoms with E-state index in [2.05, 4.69) is 4.90 Å². The van der Waals surface area contributed by atoms with E-state index in [1.807, 2.05) is 43.1 Å². The molecule has 0 aromatic heterocycles. The highest BCUT2D eigenvalue weighted by Gasteiger charge is 2.25. The molecule has 1 aromatic rings. The Morgan fingerprint density at radius 3 is 2.48 bits per heavy atom. The summed E-state index contributed by atoms with van der Waals surface area (Å²) in [5.41, 5.74) is 7.94. The van der Waals surface area contributed by atoms with Crippen LogP contribution in [0.5, 0.6) is 0 Å². The molecule has 116 valence electrons. The monoisotopic (exact) mass is 289 g/mol. The molecule has 4 nitrogen and oxygen atoms in total. The molecule has 0 spiro atoms. The fourth-order valence-electron chi connectivity index (χ4n) is 2.96. The molecule has 1 aliphatic rings. The van der Waals surface area contributed by atoms with Crippen LogP contribution in [0.3, 0.4) is 0 Å². The van der Waals surface area contributed by atoms with Crippen molar-refractivity contribution in [3.63, 3.8) is 0 Å². The van der Waals surface area contributed by atoms with E-state index in [0.717, 1.165) is 37.2 Å². The predicted octanol–water partition coefficient (Wildman–Crippen LogP) is 2.37. The van der Waals surface area contributed by atoms with Gasteiger partial charge in [-0.15, -0.1) is 0 Å². The fraction of sp³-hybridized carbons (Fsp3) is 0.588. The summed E-state index contributed by atoms with van der Waals surface area (Å²) in [5, 5.41) is 0. The molecular formula is C17H27N3O. The molecule has 1 unspecified atom stereocenters. The van der Waals surface area contributed by atoms with Crippen LogP contribution in [-0.2, 0) is 11.3 Å². The average Bonchev–Trinajstić information content (AvgIpc) is 2.82. The number of benzene rings is 1. The van der Waals surface area contributed by atoms with Crippen LogP contribution >= 0.6 is 0 Å². The maximum absolute atomic E-state index is 12.7. The molecular weight excluding hydrogens is 262 g/mol. The van der Waals surface area contributed by atoms with Crippen LogP contribution in [-0.4, -0.2) is 37.0 Å². The molecule has 1 fully saturated rings. The molecule has 1 heterocycles. The number of para-hydroxylation sites is 1. The van der Waals surface area contributed by atoms with Gasteiger partial charge in [0.15, 0.2) is 0 Å². The second kappa shape index (κ2) is 7.46. The second-order valence-electron chi connectivity index (χ2n) is 5.86. The lowest BCUT2D eigenvalue weighted by atomic mass is 10.1. The van der Waals surface area contributed by atoms with Crippen LogP contribution in [0.2, 0.25) is 0 Å². The van der Waals surface area contributed by atoms with Crippen molar-refractivity contribution in [2.75, 3.05) is 25.0 Å². The summed E-state index contributed by atoms with van der Waals surface area (Å²) in [7, 11) is 1.98. The standard InChI is InChI=1S/C17H27N3O/c1-14(17(21)20-11-7-3-4-8-12-20)19(2)16-10-6-5-9-15(16)13-18/h5-6,9-10,14H,3-4,7-8,11-13,18H2,1-2H3. The molecule has 1 amide bonds. The molecule has 4 heteroatoms. The Balaban J connectivity index is 2.10. The average molecular weight is 289 g/mol. The van der Waals surface area contributed by atoms with E-state index in [1.54, 1.807) is 0 Å². The maximum atomic E-state index is 12.7. The van der Waals surface area contributed by atoms with E-state index >= 15 is 0 Å².